The average molecular weight is 411 g/mol. The first-order chi connectivity index (χ1) is 14.3. The van der Waals surface area contributed by atoms with E-state index in [2.05, 4.69) is 37.1 Å². The Morgan fingerprint density at radius 3 is 2.57 bits per heavy atom. The van der Waals surface area contributed by atoms with Crippen LogP contribution < -0.4 is 10.1 Å². The number of aliphatic carboxylic acids is 1. The van der Waals surface area contributed by atoms with Gasteiger partial charge in [-0.1, -0.05) is 39.0 Å². The number of hydrogen-bond donors (Lipinski definition) is 2. The number of nitrogens with one attached hydrogen (secondary N) is 1. The van der Waals surface area contributed by atoms with E-state index in [1.807, 2.05) is 36.5 Å². The molecule has 30 heavy (non-hydrogen) atoms. The first-order valence-corrected chi connectivity index (χ1v) is 11.0. The smallest absolute Gasteiger partial charge is 0.304 e. The standard InChI is InChI=1S/C25H34N2O3/c1-25(2,3)20-7-9-21(10-8-20)30-22-11-12-23(27-17-22)19-6-4-5-18(15-19)16-26-14-13-24(28)29/h4-6,11-12,15,17,20-21,26H,7-10,13-14,16H2,1-3H3,(H,28,29)/t20-,21-. The molecular formula is C25H34N2O3. The Hall–Kier alpha value is -2.40. The molecule has 2 aromatic rings. The van der Waals surface area contributed by atoms with Crippen LogP contribution in [0.4, 0.5) is 0 Å². The molecule has 1 aliphatic rings. The Kier molecular flexibility index (Phi) is 7.48. The molecule has 0 saturated heterocycles. The summed E-state index contributed by atoms with van der Waals surface area (Å²) in [5.41, 5.74) is 3.45. The molecular weight excluding hydrogens is 376 g/mol. The molecule has 1 aromatic carbocycles. The van der Waals surface area contributed by atoms with Crippen LogP contribution in [0.2, 0.25) is 0 Å². The minimum absolute atomic E-state index is 0.126. The maximum Gasteiger partial charge on any atom is 0.304 e. The van der Waals surface area contributed by atoms with Crippen molar-refractivity contribution >= 4 is 5.97 Å². The molecule has 1 aromatic heterocycles. The Labute approximate surface area is 179 Å². The first-order valence-electron chi connectivity index (χ1n) is 11.0. The van der Waals surface area contributed by atoms with Gasteiger partial charge in [0.2, 0.25) is 0 Å². The number of rotatable bonds is 8. The van der Waals surface area contributed by atoms with E-state index >= 15 is 0 Å². The van der Waals surface area contributed by atoms with Gasteiger partial charge in [-0.2, -0.15) is 0 Å². The number of nitrogens with zero attached hydrogens (tertiary/aromatic N) is 1. The predicted molar refractivity (Wildman–Crippen MR) is 119 cm³/mol. The summed E-state index contributed by atoms with van der Waals surface area (Å²) in [5, 5.41) is 11.9. The van der Waals surface area contributed by atoms with E-state index in [1.165, 1.54) is 12.8 Å². The van der Waals surface area contributed by atoms with E-state index in [9.17, 15) is 4.79 Å². The zero-order valence-electron chi connectivity index (χ0n) is 18.4. The first kappa shape index (κ1) is 22.3. The quantitative estimate of drug-likeness (QED) is 0.578. The summed E-state index contributed by atoms with van der Waals surface area (Å²) in [5.74, 6) is 0.832. The molecule has 1 saturated carbocycles. The molecule has 5 heteroatoms. The van der Waals surface area contributed by atoms with Crippen LogP contribution in [0.1, 0.15) is 58.4 Å². The van der Waals surface area contributed by atoms with Gasteiger partial charge in [0.15, 0.2) is 0 Å². The minimum Gasteiger partial charge on any atom is -0.489 e. The fraction of sp³-hybridized carbons (Fsp3) is 0.520. The summed E-state index contributed by atoms with van der Waals surface area (Å²) in [6, 6.07) is 12.2. The Morgan fingerprint density at radius 2 is 1.93 bits per heavy atom. The molecule has 1 heterocycles. The monoisotopic (exact) mass is 410 g/mol. The molecule has 162 valence electrons. The lowest BCUT2D eigenvalue weighted by atomic mass is 9.72. The van der Waals surface area contributed by atoms with Crippen molar-refractivity contribution < 1.29 is 14.6 Å². The van der Waals surface area contributed by atoms with Crippen molar-refractivity contribution in [2.45, 2.75) is 65.5 Å². The van der Waals surface area contributed by atoms with Crippen LogP contribution in [0.25, 0.3) is 11.3 Å². The Bertz CT molecular complexity index is 819. The molecule has 0 amide bonds. The van der Waals surface area contributed by atoms with Gasteiger partial charge in [-0.25, -0.2) is 0 Å². The van der Waals surface area contributed by atoms with Crippen molar-refractivity contribution in [1.29, 1.82) is 0 Å². The van der Waals surface area contributed by atoms with Gasteiger partial charge >= 0.3 is 5.97 Å². The molecule has 0 aliphatic heterocycles. The Balaban J connectivity index is 1.53. The second-order valence-electron chi connectivity index (χ2n) is 9.36. The predicted octanol–water partition coefficient (Wildman–Crippen LogP) is 5.30. The van der Waals surface area contributed by atoms with Gasteiger partial charge in [-0.05, 0) is 60.8 Å². The van der Waals surface area contributed by atoms with E-state index in [1.54, 1.807) is 0 Å². The number of ether oxygens (including phenoxy) is 1. The Morgan fingerprint density at radius 1 is 1.17 bits per heavy atom. The van der Waals surface area contributed by atoms with Crippen LogP contribution in [0.15, 0.2) is 42.6 Å². The summed E-state index contributed by atoms with van der Waals surface area (Å²) in [7, 11) is 0. The fourth-order valence-corrected chi connectivity index (χ4v) is 4.13. The average Bonchev–Trinajstić information content (AvgIpc) is 2.72. The number of benzene rings is 1. The van der Waals surface area contributed by atoms with E-state index in [4.69, 9.17) is 9.84 Å². The van der Waals surface area contributed by atoms with Crippen LogP contribution in [-0.2, 0) is 11.3 Å². The molecule has 0 unspecified atom stereocenters. The molecule has 3 rings (SSSR count). The van der Waals surface area contributed by atoms with Gasteiger partial charge in [0.1, 0.15) is 5.75 Å². The number of aromatic nitrogens is 1. The number of hydrogen-bond acceptors (Lipinski definition) is 4. The molecule has 1 fully saturated rings. The summed E-state index contributed by atoms with van der Waals surface area (Å²) in [4.78, 5) is 15.2. The van der Waals surface area contributed by atoms with Gasteiger partial charge in [0.05, 0.1) is 24.4 Å². The normalized spacial score (nSPS) is 19.4. The highest BCUT2D eigenvalue weighted by Crippen LogP contribution is 2.38. The zero-order valence-corrected chi connectivity index (χ0v) is 18.4. The second-order valence-corrected chi connectivity index (χ2v) is 9.36. The highest BCUT2D eigenvalue weighted by atomic mass is 16.5. The van der Waals surface area contributed by atoms with Crippen LogP contribution in [0.3, 0.4) is 0 Å². The van der Waals surface area contributed by atoms with Crippen LogP contribution in [0, 0.1) is 11.3 Å². The molecule has 0 atom stereocenters. The lowest BCUT2D eigenvalue weighted by Crippen LogP contribution is -2.30. The van der Waals surface area contributed by atoms with Crippen molar-refractivity contribution in [1.82, 2.24) is 10.3 Å². The minimum atomic E-state index is -0.787. The van der Waals surface area contributed by atoms with Crippen LogP contribution in [0.5, 0.6) is 5.75 Å². The summed E-state index contributed by atoms with van der Waals surface area (Å²) >= 11 is 0. The molecule has 5 nitrogen and oxygen atoms in total. The van der Waals surface area contributed by atoms with E-state index < -0.39 is 5.97 Å². The van der Waals surface area contributed by atoms with Crippen LogP contribution in [-0.4, -0.2) is 28.7 Å². The fourth-order valence-electron chi connectivity index (χ4n) is 4.13. The summed E-state index contributed by atoms with van der Waals surface area (Å²) < 4.78 is 6.20. The highest BCUT2D eigenvalue weighted by Gasteiger charge is 2.30. The molecule has 2 N–H and O–H groups in total. The lowest BCUT2D eigenvalue weighted by Gasteiger charge is -2.36. The third-order valence-electron chi connectivity index (χ3n) is 6.01. The van der Waals surface area contributed by atoms with E-state index in [0.717, 1.165) is 41.3 Å². The zero-order chi connectivity index (χ0) is 21.6. The highest BCUT2D eigenvalue weighted by molar-refractivity contribution is 5.66. The molecule has 0 bridgehead atoms. The van der Waals surface area contributed by atoms with Gasteiger partial charge in [-0.3, -0.25) is 9.78 Å². The number of carboxylic acids is 1. The van der Waals surface area contributed by atoms with Crippen molar-refractivity contribution in [3.63, 3.8) is 0 Å². The van der Waals surface area contributed by atoms with Crippen molar-refractivity contribution in [3.8, 4) is 17.0 Å². The second kappa shape index (κ2) is 10.1. The SMILES string of the molecule is CC(C)(C)[C@H]1CC[C@H](Oc2ccc(-c3cccc(CNCCC(=O)O)c3)nc2)CC1. The lowest BCUT2D eigenvalue weighted by molar-refractivity contribution is -0.136. The van der Waals surface area contributed by atoms with Crippen LogP contribution >= 0.6 is 0 Å². The summed E-state index contributed by atoms with van der Waals surface area (Å²) in [6.07, 6.45) is 6.92. The number of pyridine rings is 1. The maximum atomic E-state index is 10.6. The summed E-state index contributed by atoms with van der Waals surface area (Å²) in [6.45, 7) is 8.11. The van der Waals surface area contributed by atoms with Gasteiger partial charge in [-0.15, -0.1) is 0 Å². The van der Waals surface area contributed by atoms with Crippen molar-refractivity contribution in [2.24, 2.45) is 11.3 Å². The number of carboxylic acid groups (broad SMARTS) is 1. The third kappa shape index (κ3) is 6.56. The molecule has 0 spiro atoms. The van der Waals surface area contributed by atoms with Gasteiger partial charge < -0.3 is 15.2 Å². The van der Waals surface area contributed by atoms with E-state index in [0.29, 0.717) is 18.5 Å². The van der Waals surface area contributed by atoms with E-state index in [-0.39, 0.29) is 12.5 Å². The topological polar surface area (TPSA) is 71.5 Å². The number of carbonyl (C=O) groups is 1. The van der Waals surface area contributed by atoms with Crippen molar-refractivity contribution in [2.75, 3.05) is 6.54 Å². The maximum absolute atomic E-state index is 10.6. The van der Waals surface area contributed by atoms with Gasteiger partial charge in [0.25, 0.3) is 0 Å². The van der Waals surface area contributed by atoms with Gasteiger partial charge in [0, 0.05) is 18.7 Å². The molecule has 1 aliphatic carbocycles. The largest absolute Gasteiger partial charge is 0.489 e. The molecule has 0 radical (unpaired) electrons. The van der Waals surface area contributed by atoms with Crippen molar-refractivity contribution in [3.05, 3.63) is 48.2 Å². The third-order valence-corrected chi connectivity index (χ3v) is 6.01.